The summed E-state index contributed by atoms with van der Waals surface area (Å²) < 4.78 is 10.5. The number of hydrogen-bond acceptors (Lipinski definition) is 3. The molecule has 2 aromatic rings. The van der Waals surface area contributed by atoms with Crippen LogP contribution in [0.1, 0.15) is 11.5 Å². The van der Waals surface area contributed by atoms with E-state index < -0.39 is 0 Å². The van der Waals surface area contributed by atoms with Crippen LogP contribution in [-0.2, 0) is 4.79 Å². The maximum absolute atomic E-state index is 11.8. The van der Waals surface area contributed by atoms with Gasteiger partial charge in [-0.3, -0.25) is 4.79 Å². The van der Waals surface area contributed by atoms with Crippen LogP contribution in [0, 0.1) is 6.92 Å². The number of methoxy groups -OCH3 is 1. The van der Waals surface area contributed by atoms with Crippen molar-refractivity contribution in [2.75, 3.05) is 12.4 Å². The van der Waals surface area contributed by atoms with Gasteiger partial charge in [0.25, 0.3) is 0 Å². The zero-order valence-electron chi connectivity index (χ0n) is 11.1. The molecule has 104 valence electrons. The molecule has 0 bridgehead atoms. The molecule has 0 radical (unpaired) electrons. The van der Waals surface area contributed by atoms with Gasteiger partial charge in [-0.2, -0.15) is 0 Å². The molecule has 0 spiro atoms. The highest BCUT2D eigenvalue weighted by Crippen LogP contribution is 2.27. The molecule has 0 aliphatic carbocycles. The van der Waals surface area contributed by atoms with Crippen LogP contribution in [-0.4, -0.2) is 13.0 Å². The van der Waals surface area contributed by atoms with Gasteiger partial charge in [-0.15, -0.1) is 0 Å². The smallest absolute Gasteiger partial charge is 0.248 e. The molecular formula is C15H14ClNO3. The summed E-state index contributed by atoms with van der Waals surface area (Å²) in [5.74, 6) is 1.67. The molecule has 1 heterocycles. The zero-order chi connectivity index (χ0) is 14.5. The molecule has 0 aliphatic rings. The van der Waals surface area contributed by atoms with E-state index in [0.29, 0.717) is 22.2 Å². The first-order chi connectivity index (χ1) is 9.58. The topological polar surface area (TPSA) is 51.5 Å². The van der Waals surface area contributed by atoms with Gasteiger partial charge in [0.15, 0.2) is 0 Å². The van der Waals surface area contributed by atoms with E-state index >= 15 is 0 Å². The zero-order valence-corrected chi connectivity index (χ0v) is 11.9. The maximum atomic E-state index is 11.8. The number of benzene rings is 1. The van der Waals surface area contributed by atoms with Crippen LogP contribution in [0.15, 0.2) is 40.8 Å². The molecule has 0 saturated heterocycles. The standard InChI is InChI=1S/C15H14ClNO3/c1-10-3-5-12(20-10)6-8-15(18)17-13-9-11(16)4-7-14(13)19-2/h3-9H,1-2H3,(H,17,18)/b8-6-. The lowest BCUT2D eigenvalue weighted by Crippen LogP contribution is -2.08. The largest absolute Gasteiger partial charge is 0.495 e. The third-order valence-corrected chi connectivity index (χ3v) is 2.81. The average Bonchev–Trinajstić information content (AvgIpc) is 2.83. The van der Waals surface area contributed by atoms with Gasteiger partial charge in [-0.25, -0.2) is 0 Å². The van der Waals surface area contributed by atoms with E-state index in [1.165, 1.54) is 13.2 Å². The minimum atomic E-state index is -0.292. The summed E-state index contributed by atoms with van der Waals surface area (Å²) in [7, 11) is 1.53. The third-order valence-electron chi connectivity index (χ3n) is 2.58. The van der Waals surface area contributed by atoms with Gasteiger partial charge < -0.3 is 14.5 Å². The van der Waals surface area contributed by atoms with Crippen LogP contribution in [0.2, 0.25) is 5.02 Å². The summed E-state index contributed by atoms with van der Waals surface area (Å²) >= 11 is 5.89. The second kappa shape index (κ2) is 6.30. The first-order valence-electron chi connectivity index (χ1n) is 5.97. The summed E-state index contributed by atoms with van der Waals surface area (Å²) in [5.41, 5.74) is 0.519. The molecule has 0 aliphatic heterocycles. The van der Waals surface area contributed by atoms with Crippen molar-refractivity contribution in [3.63, 3.8) is 0 Å². The number of carbonyl (C=O) groups excluding carboxylic acids is 1. The van der Waals surface area contributed by atoms with Crippen molar-refractivity contribution in [3.05, 3.63) is 53.0 Å². The van der Waals surface area contributed by atoms with E-state index in [0.717, 1.165) is 5.76 Å². The summed E-state index contributed by atoms with van der Waals surface area (Å²) in [4.78, 5) is 11.8. The van der Waals surface area contributed by atoms with Gasteiger partial charge in [-0.1, -0.05) is 11.6 Å². The van der Waals surface area contributed by atoms with Crippen LogP contribution in [0.3, 0.4) is 0 Å². The van der Waals surface area contributed by atoms with Gasteiger partial charge in [0.1, 0.15) is 17.3 Å². The molecule has 0 atom stereocenters. The molecule has 5 heteroatoms. The van der Waals surface area contributed by atoms with E-state index in [1.807, 2.05) is 13.0 Å². The third kappa shape index (κ3) is 3.65. The highest BCUT2D eigenvalue weighted by Gasteiger charge is 2.06. The number of rotatable bonds is 4. The number of hydrogen-bond donors (Lipinski definition) is 1. The Labute approximate surface area is 122 Å². The summed E-state index contributed by atoms with van der Waals surface area (Å²) in [6.45, 7) is 1.84. The molecule has 1 aromatic carbocycles. The molecule has 20 heavy (non-hydrogen) atoms. The number of halogens is 1. The van der Waals surface area contributed by atoms with Crippen LogP contribution in [0.5, 0.6) is 5.75 Å². The number of anilines is 1. The quantitative estimate of drug-likeness (QED) is 0.869. The fourth-order valence-corrected chi connectivity index (χ4v) is 1.83. The van der Waals surface area contributed by atoms with Gasteiger partial charge in [0.2, 0.25) is 5.91 Å². The van der Waals surface area contributed by atoms with Crippen LogP contribution < -0.4 is 10.1 Å². The van der Waals surface area contributed by atoms with Crippen molar-refractivity contribution in [3.8, 4) is 5.75 Å². The van der Waals surface area contributed by atoms with E-state index in [2.05, 4.69) is 5.32 Å². The molecule has 0 fully saturated rings. The normalized spacial score (nSPS) is 10.8. The van der Waals surface area contributed by atoms with Crippen molar-refractivity contribution in [1.82, 2.24) is 0 Å². The van der Waals surface area contributed by atoms with Crippen molar-refractivity contribution in [2.45, 2.75) is 6.92 Å². The number of aryl methyl sites for hydroxylation is 1. The highest BCUT2D eigenvalue weighted by molar-refractivity contribution is 6.31. The molecular weight excluding hydrogens is 278 g/mol. The molecule has 0 saturated carbocycles. The van der Waals surface area contributed by atoms with Crippen molar-refractivity contribution < 1.29 is 13.9 Å². The SMILES string of the molecule is COc1ccc(Cl)cc1NC(=O)/C=C\c1ccc(C)o1. The highest BCUT2D eigenvalue weighted by atomic mass is 35.5. The Balaban J connectivity index is 2.08. The molecule has 1 N–H and O–H groups in total. The van der Waals surface area contributed by atoms with Crippen molar-refractivity contribution in [2.24, 2.45) is 0 Å². The van der Waals surface area contributed by atoms with E-state index in [4.69, 9.17) is 20.8 Å². The Bertz CT molecular complexity index is 646. The Morgan fingerprint density at radius 2 is 2.15 bits per heavy atom. The van der Waals surface area contributed by atoms with Crippen molar-refractivity contribution in [1.29, 1.82) is 0 Å². The fourth-order valence-electron chi connectivity index (χ4n) is 1.65. The van der Waals surface area contributed by atoms with Gasteiger partial charge in [-0.05, 0) is 43.3 Å². The Morgan fingerprint density at radius 1 is 1.35 bits per heavy atom. The number of ether oxygens (including phenoxy) is 1. The number of amides is 1. The minimum absolute atomic E-state index is 0.292. The van der Waals surface area contributed by atoms with Gasteiger partial charge >= 0.3 is 0 Å². The number of furan rings is 1. The Kier molecular flexibility index (Phi) is 4.48. The molecule has 1 aromatic heterocycles. The van der Waals surface area contributed by atoms with E-state index in [-0.39, 0.29) is 5.91 Å². The van der Waals surface area contributed by atoms with Gasteiger partial charge in [0, 0.05) is 11.1 Å². The van der Waals surface area contributed by atoms with Gasteiger partial charge in [0.05, 0.1) is 12.8 Å². The van der Waals surface area contributed by atoms with E-state index in [1.54, 1.807) is 30.3 Å². The molecule has 2 rings (SSSR count). The second-order valence-corrected chi connectivity index (χ2v) is 4.55. The van der Waals surface area contributed by atoms with Crippen LogP contribution in [0.4, 0.5) is 5.69 Å². The monoisotopic (exact) mass is 291 g/mol. The summed E-state index contributed by atoms with van der Waals surface area (Å²) in [5, 5.41) is 3.22. The predicted octanol–water partition coefficient (Wildman–Crippen LogP) is 3.90. The molecule has 4 nitrogen and oxygen atoms in total. The summed E-state index contributed by atoms with van der Waals surface area (Å²) in [6, 6.07) is 8.63. The minimum Gasteiger partial charge on any atom is -0.495 e. The number of carbonyl (C=O) groups is 1. The summed E-state index contributed by atoms with van der Waals surface area (Å²) in [6.07, 6.45) is 2.98. The lowest BCUT2D eigenvalue weighted by molar-refractivity contribution is -0.111. The van der Waals surface area contributed by atoms with Crippen LogP contribution >= 0.6 is 11.6 Å². The number of nitrogens with one attached hydrogen (secondary N) is 1. The lowest BCUT2D eigenvalue weighted by Gasteiger charge is -2.08. The first-order valence-corrected chi connectivity index (χ1v) is 6.35. The second-order valence-electron chi connectivity index (χ2n) is 4.12. The first kappa shape index (κ1) is 14.2. The average molecular weight is 292 g/mol. The molecule has 1 amide bonds. The molecule has 0 unspecified atom stereocenters. The van der Waals surface area contributed by atoms with Crippen molar-refractivity contribution >= 4 is 29.3 Å². The lowest BCUT2D eigenvalue weighted by atomic mass is 10.3. The Morgan fingerprint density at radius 3 is 2.80 bits per heavy atom. The Hall–Kier alpha value is -2.20. The van der Waals surface area contributed by atoms with Crippen LogP contribution in [0.25, 0.3) is 6.08 Å². The maximum Gasteiger partial charge on any atom is 0.248 e. The van der Waals surface area contributed by atoms with E-state index in [9.17, 15) is 4.79 Å². The fraction of sp³-hybridized carbons (Fsp3) is 0.133. The predicted molar refractivity (Wildman–Crippen MR) is 79.1 cm³/mol.